The van der Waals surface area contributed by atoms with Crippen LogP contribution in [0.5, 0.6) is 0 Å². The van der Waals surface area contributed by atoms with Crippen molar-refractivity contribution in [3.8, 4) is 0 Å². The van der Waals surface area contributed by atoms with E-state index >= 15 is 0 Å². The maximum absolute atomic E-state index is 12.8. The minimum absolute atomic E-state index is 0.0449. The van der Waals surface area contributed by atoms with E-state index in [2.05, 4.69) is 5.32 Å². The van der Waals surface area contributed by atoms with Crippen LogP contribution in [0.3, 0.4) is 0 Å². The number of nitrogens with one attached hydrogen (secondary N) is 1. The summed E-state index contributed by atoms with van der Waals surface area (Å²) in [6.45, 7) is 4.50. The van der Waals surface area contributed by atoms with Crippen LogP contribution in [0.1, 0.15) is 33.1 Å². The molecule has 3 amide bonds. The molecular weight excluding hydrogens is 434 g/mol. The lowest BCUT2D eigenvalue weighted by Crippen LogP contribution is -2.47. The van der Waals surface area contributed by atoms with Crippen LogP contribution in [-0.2, 0) is 24.2 Å². The van der Waals surface area contributed by atoms with Crippen molar-refractivity contribution in [3.05, 3.63) is 30.3 Å². The first-order chi connectivity index (χ1) is 15.2. The Bertz CT molecular complexity index is 928. The lowest BCUT2D eigenvalue weighted by Gasteiger charge is -2.32. The number of sulfone groups is 1. The van der Waals surface area contributed by atoms with E-state index in [-0.39, 0.29) is 35.4 Å². The molecule has 2 aliphatic rings. The molecule has 176 valence electrons. The maximum atomic E-state index is 12.8. The van der Waals surface area contributed by atoms with Gasteiger partial charge in [-0.15, -0.1) is 0 Å². The lowest BCUT2D eigenvalue weighted by atomic mass is 9.97. The number of piperidine rings is 1. The molecule has 1 aromatic carbocycles. The van der Waals surface area contributed by atoms with E-state index in [1.54, 1.807) is 24.0 Å². The Morgan fingerprint density at radius 1 is 1.16 bits per heavy atom. The van der Waals surface area contributed by atoms with Crippen molar-refractivity contribution in [2.45, 2.75) is 45.3 Å². The summed E-state index contributed by atoms with van der Waals surface area (Å²) < 4.78 is 29.0. The van der Waals surface area contributed by atoms with E-state index < -0.39 is 21.9 Å². The molecule has 3 rings (SSSR count). The molecule has 2 atom stereocenters. The van der Waals surface area contributed by atoms with E-state index in [1.807, 2.05) is 18.2 Å². The van der Waals surface area contributed by atoms with Crippen LogP contribution in [0.2, 0.25) is 0 Å². The van der Waals surface area contributed by atoms with Gasteiger partial charge >= 0.3 is 12.0 Å². The number of amides is 3. The quantitative estimate of drug-likeness (QED) is 0.642. The molecule has 0 unspecified atom stereocenters. The smallest absolute Gasteiger partial charge is 0.321 e. The fourth-order valence-electron chi connectivity index (χ4n) is 4.21. The number of carbonyl (C=O) groups excluding carboxylic acids is 3. The van der Waals surface area contributed by atoms with Crippen LogP contribution >= 0.6 is 0 Å². The van der Waals surface area contributed by atoms with Gasteiger partial charge in [0, 0.05) is 31.4 Å². The molecule has 0 aromatic heterocycles. The highest BCUT2D eigenvalue weighted by atomic mass is 32.2. The molecule has 0 spiro atoms. The second-order valence-electron chi connectivity index (χ2n) is 8.32. The van der Waals surface area contributed by atoms with Crippen molar-refractivity contribution < 1.29 is 27.5 Å². The number of nitrogens with zero attached hydrogens (tertiary/aromatic N) is 2. The zero-order valence-corrected chi connectivity index (χ0v) is 19.3. The van der Waals surface area contributed by atoms with Gasteiger partial charge in [0.15, 0.2) is 15.9 Å². The molecule has 2 heterocycles. The molecule has 9 nitrogen and oxygen atoms in total. The van der Waals surface area contributed by atoms with Gasteiger partial charge in [0.2, 0.25) is 0 Å². The van der Waals surface area contributed by atoms with Crippen molar-refractivity contribution in [1.82, 2.24) is 9.80 Å². The van der Waals surface area contributed by atoms with Gasteiger partial charge in [-0.05, 0) is 45.2 Å². The van der Waals surface area contributed by atoms with Crippen LogP contribution in [0.4, 0.5) is 10.5 Å². The third-order valence-corrected chi connectivity index (χ3v) is 7.80. The topological polar surface area (TPSA) is 113 Å². The number of carbonyl (C=O) groups is 3. The van der Waals surface area contributed by atoms with Gasteiger partial charge in [0.05, 0.1) is 17.4 Å². The molecule has 2 saturated heterocycles. The highest BCUT2D eigenvalue weighted by Crippen LogP contribution is 2.22. The SMILES string of the molecule is CCN(C(=O)[C@@H](C)OC(=O)C1CCN(C(=O)Nc2ccccc2)CC1)[C@H]1CCS(=O)(=O)C1. The van der Waals surface area contributed by atoms with Crippen LogP contribution in [0.15, 0.2) is 30.3 Å². The first-order valence-corrected chi connectivity index (χ1v) is 12.8. The number of hydrogen-bond acceptors (Lipinski definition) is 6. The summed E-state index contributed by atoms with van der Waals surface area (Å²) in [6.07, 6.45) is 0.345. The highest BCUT2D eigenvalue weighted by molar-refractivity contribution is 7.91. The average molecular weight is 466 g/mol. The molecule has 10 heteroatoms. The number of likely N-dealkylation sites (N-methyl/N-ethyl adjacent to an activating group) is 1. The van der Waals surface area contributed by atoms with Crippen molar-refractivity contribution in [2.75, 3.05) is 36.5 Å². The van der Waals surface area contributed by atoms with E-state index in [9.17, 15) is 22.8 Å². The number of likely N-dealkylation sites (tertiary alicyclic amines) is 1. The molecule has 1 N–H and O–H groups in total. The van der Waals surface area contributed by atoms with Gasteiger partial charge in [0.25, 0.3) is 5.91 Å². The third kappa shape index (κ3) is 5.99. The summed E-state index contributed by atoms with van der Waals surface area (Å²) in [6, 6.07) is 8.58. The second kappa shape index (κ2) is 10.3. The lowest BCUT2D eigenvalue weighted by molar-refractivity contribution is -0.164. The zero-order valence-electron chi connectivity index (χ0n) is 18.5. The normalized spacial score (nSPS) is 21.6. The number of rotatable bonds is 6. The van der Waals surface area contributed by atoms with Crippen LogP contribution in [0, 0.1) is 5.92 Å². The van der Waals surface area contributed by atoms with Crippen molar-refractivity contribution in [3.63, 3.8) is 0 Å². The monoisotopic (exact) mass is 465 g/mol. The predicted octanol–water partition coefficient (Wildman–Crippen LogP) is 1.90. The highest BCUT2D eigenvalue weighted by Gasteiger charge is 2.37. The van der Waals surface area contributed by atoms with E-state index in [0.29, 0.717) is 44.6 Å². The Morgan fingerprint density at radius 2 is 1.81 bits per heavy atom. The summed E-state index contributed by atoms with van der Waals surface area (Å²) in [5.41, 5.74) is 0.710. The van der Waals surface area contributed by atoms with E-state index in [0.717, 1.165) is 0 Å². The summed E-state index contributed by atoms with van der Waals surface area (Å²) in [5, 5.41) is 2.83. The van der Waals surface area contributed by atoms with Crippen molar-refractivity contribution in [1.29, 1.82) is 0 Å². The zero-order chi connectivity index (χ0) is 23.3. The van der Waals surface area contributed by atoms with E-state index in [4.69, 9.17) is 4.74 Å². The van der Waals surface area contributed by atoms with Crippen molar-refractivity contribution in [2.24, 2.45) is 5.92 Å². The van der Waals surface area contributed by atoms with Gasteiger partial charge in [-0.2, -0.15) is 0 Å². The minimum Gasteiger partial charge on any atom is -0.452 e. The molecule has 0 aliphatic carbocycles. The Morgan fingerprint density at radius 3 is 2.38 bits per heavy atom. The Balaban J connectivity index is 1.47. The van der Waals surface area contributed by atoms with Gasteiger partial charge in [-0.25, -0.2) is 13.2 Å². The van der Waals surface area contributed by atoms with Gasteiger partial charge in [-0.1, -0.05) is 18.2 Å². The largest absolute Gasteiger partial charge is 0.452 e. The third-order valence-electron chi connectivity index (χ3n) is 6.05. The second-order valence-corrected chi connectivity index (χ2v) is 10.5. The number of benzene rings is 1. The van der Waals surface area contributed by atoms with Gasteiger partial charge < -0.3 is 19.9 Å². The predicted molar refractivity (Wildman–Crippen MR) is 120 cm³/mol. The molecule has 0 radical (unpaired) electrons. The molecule has 2 fully saturated rings. The van der Waals surface area contributed by atoms with Crippen LogP contribution in [0.25, 0.3) is 0 Å². The summed E-state index contributed by atoms with van der Waals surface area (Å²) in [7, 11) is -3.12. The Kier molecular flexibility index (Phi) is 7.76. The number of para-hydroxylation sites is 1. The molecular formula is C22H31N3O6S. The molecule has 32 heavy (non-hydrogen) atoms. The van der Waals surface area contributed by atoms with Crippen LogP contribution in [-0.4, -0.2) is 79.4 Å². The number of anilines is 1. The minimum atomic E-state index is -3.12. The Labute approximate surface area is 189 Å². The number of urea groups is 1. The summed E-state index contributed by atoms with van der Waals surface area (Å²) in [5.74, 6) is -1.18. The van der Waals surface area contributed by atoms with Crippen LogP contribution < -0.4 is 5.32 Å². The molecule has 1 aromatic rings. The molecule has 0 bridgehead atoms. The molecule has 0 saturated carbocycles. The van der Waals surface area contributed by atoms with Gasteiger partial charge in [-0.3, -0.25) is 9.59 Å². The number of ether oxygens (including phenoxy) is 1. The maximum Gasteiger partial charge on any atom is 0.321 e. The average Bonchev–Trinajstić information content (AvgIpc) is 3.14. The Hall–Kier alpha value is -2.62. The first-order valence-electron chi connectivity index (χ1n) is 11.0. The number of hydrogen-bond donors (Lipinski definition) is 1. The van der Waals surface area contributed by atoms with Crippen molar-refractivity contribution >= 4 is 33.4 Å². The first kappa shape index (κ1) is 24.0. The number of esters is 1. The fraction of sp³-hybridized carbons (Fsp3) is 0.591. The van der Waals surface area contributed by atoms with E-state index in [1.165, 1.54) is 11.8 Å². The van der Waals surface area contributed by atoms with Gasteiger partial charge in [0.1, 0.15) is 0 Å². The standard InChI is InChI=1S/C22H31N3O6S/c1-3-25(19-11-14-32(29,30)15-19)20(26)16(2)31-21(27)17-9-12-24(13-10-17)22(28)23-18-7-5-4-6-8-18/h4-8,16-17,19H,3,9-15H2,1-2H3,(H,23,28)/t16-,19+/m1/s1. The summed E-state index contributed by atoms with van der Waals surface area (Å²) in [4.78, 5) is 41.0. The summed E-state index contributed by atoms with van der Waals surface area (Å²) >= 11 is 0. The molecule has 2 aliphatic heterocycles. The fourth-order valence-corrected chi connectivity index (χ4v) is 5.94.